The molecule has 1 aliphatic rings. The minimum absolute atomic E-state index is 0.0776. The predicted octanol–water partition coefficient (Wildman–Crippen LogP) is 2.57. The number of benzene rings is 2. The molecule has 0 saturated carbocycles. The van der Waals surface area contributed by atoms with Crippen LogP contribution in [0, 0.1) is 0 Å². The normalized spacial score (nSPS) is 14.5. The third-order valence-corrected chi connectivity index (χ3v) is 4.09. The van der Waals surface area contributed by atoms with Gasteiger partial charge in [0.25, 0.3) is 5.91 Å². The first-order chi connectivity index (χ1) is 11.3. The molecule has 0 atom stereocenters. The molecule has 1 fully saturated rings. The van der Waals surface area contributed by atoms with Crippen LogP contribution in [0.3, 0.4) is 0 Å². The summed E-state index contributed by atoms with van der Waals surface area (Å²) < 4.78 is 0. The first-order valence-electron chi connectivity index (χ1n) is 7.62. The Morgan fingerprint density at radius 1 is 1.00 bits per heavy atom. The second-order valence-corrected chi connectivity index (χ2v) is 5.65. The maximum atomic E-state index is 12.7. The highest BCUT2D eigenvalue weighted by atomic mass is 16.2. The molecule has 1 amide bonds. The first kappa shape index (κ1) is 13.7. The largest absolute Gasteiger partial charge is 0.348 e. The van der Waals surface area contributed by atoms with Gasteiger partial charge in [-0.2, -0.15) is 0 Å². The van der Waals surface area contributed by atoms with Crippen molar-refractivity contribution in [1.82, 2.24) is 14.9 Å². The van der Waals surface area contributed by atoms with Crippen LogP contribution in [0.15, 0.2) is 60.9 Å². The van der Waals surface area contributed by atoms with E-state index in [1.807, 2.05) is 47.4 Å². The van der Waals surface area contributed by atoms with Crippen molar-refractivity contribution in [3.63, 3.8) is 0 Å². The van der Waals surface area contributed by atoms with Crippen LogP contribution < -0.4 is 5.32 Å². The van der Waals surface area contributed by atoms with Crippen LogP contribution in [0.4, 0.5) is 5.95 Å². The van der Waals surface area contributed by atoms with E-state index < -0.39 is 0 Å². The first-order valence-corrected chi connectivity index (χ1v) is 7.62. The molecule has 5 nitrogen and oxygen atoms in total. The summed E-state index contributed by atoms with van der Waals surface area (Å²) in [6, 6.07) is 15.8. The summed E-state index contributed by atoms with van der Waals surface area (Å²) in [6.07, 6.45) is 3.40. The van der Waals surface area contributed by atoms with E-state index in [1.165, 1.54) is 0 Å². The van der Waals surface area contributed by atoms with E-state index in [-0.39, 0.29) is 11.9 Å². The number of carbonyl (C=O) groups excluding carboxylic acids is 1. The van der Waals surface area contributed by atoms with Crippen molar-refractivity contribution in [1.29, 1.82) is 0 Å². The van der Waals surface area contributed by atoms with Gasteiger partial charge in [-0.3, -0.25) is 4.79 Å². The molecule has 0 radical (unpaired) electrons. The summed E-state index contributed by atoms with van der Waals surface area (Å²) in [5.41, 5.74) is 0.762. The lowest BCUT2D eigenvalue weighted by Gasteiger charge is -2.39. The smallest absolute Gasteiger partial charge is 0.254 e. The van der Waals surface area contributed by atoms with E-state index in [0.29, 0.717) is 19.0 Å². The highest BCUT2D eigenvalue weighted by Gasteiger charge is 2.32. The molecule has 114 valence electrons. The van der Waals surface area contributed by atoms with Gasteiger partial charge in [0.1, 0.15) is 0 Å². The van der Waals surface area contributed by atoms with E-state index in [0.717, 1.165) is 16.3 Å². The Morgan fingerprint density at radius 3 is 2.57 bits per heavy atom. The molecule has 0 aliphatic carbocycles. The lowest BCUT2D eigenvalue weighted by atomic mass is 10.0. The van der Waals surface area contributed by atoms with Gasteiger partial charge in [-0.15, -0.1) is 0 Å². The molecule has 23 heavy (non-hydrogen) atoms. The Kier molecular flexibility index (Phi) is 3.38. The Hall–Kier alpha value is -2.95. The molecule has 3 aromatic rings. The Bertz CT molecular complexity index is 839. The minimum Gasteiger partial charge on any atom is -0.348 e. The molecular weight excluding hydrogens is 288 g/mol. The van der Waals surface area contributed by atoms with Crippen molar-refractivity contribution in [2.75, 3.05) is 18.4 Å². The van der Waals surface area contributed by atoms with Crippen molar-refractivity contribution in [2.24, 2.45) is 0 Å². The maximum Gasteiger partial charge on any atom is 0.254 e. The standard InChI is InChI=1S/C18H16N4O/c23-17(16-8-3-6-13-5-1-2-7-15(13)16)22-11-14(12-22)21-18-19-9-4-10-20-18/h1-10,14H,11-12H2,(H,19,20,21). The van der Waals surface area contributed by atoms with Gasteiger partial charge in [-0.05, 0) is 22.9 Å². The number of amides is 1. The molecule has 1 saturated heterocycles. The van der Waals surface area contributed by atoms with Gasteiger partial charge in [0, 0.05) is 31.0 Å². The van der Waals surface area contributed by atoms with Gasteiger partial charge in [-0.25, -0.2) is 9.97 Å². The quantitative estimate of drug-likeness (QED) is 0.808. The molecule has 0 bridgehead atoms. The number of hydrogen-bond donors (Lipinski definition) is 1. The third-order valence-electron chi connectivity index (χ3n) is 4.09. The van der Waals surface area contributed by atoms with Crippen molar-refractivity contribution in [2.45, 2.75) is 6.04 Å². The highest BCUT2D eigenvalue weighted by molar-refractivity contribution is 6.07. The van der Waals surface area contributed by atoms with Crippen LogP contribution in [-0.2, 0) is 0 Å². The number of likely N-dealkylation sites (tertiary alicyclic amines) is 1. The van der Waals surface area contributed by atoms with E-state index >= 15 is 0 Å². The molecular formula is C18H16N4O. The molecule has 0 unspecified atom stereocenters. The van der Waals surface area contributed by atoms with Gasteiger partial charge in [-0.1, -0.05) is 36.4 Å². The Morgan fingerprint density at radius 2 is 1.74 bits per heavy atom. The van der Waals surface area contributed by atoms with Crippen molar-refractivity contribution < 1.29 is 4.79 Å². The number of anilines is 1. The van der Waals surface area contributed by atoms with E-state index in [4.69, 9.17) is 0 Å². The molecule has 1 N–H and O–H groups in total. The monoisotopic (exact) mass is 304 g/mol. The number of carbonyl (C=O) groups is 1. The Labute approximate surface area is 134 Å². The minimum atomic E-state index is 0.0776. The van der Waals surface area contributed by atoms with E-state index in [9.17, 15) is 4.79 Å². The van der Waals surface area contributed by atoms with Gasteiger partial charge in [0.05, 0.1) is 6.04 Å². The fourth-order valence-corrected chi connectivity index (χ4v) is 2.87. The summed E-state index contributed by atoms with van der Waals surface area (Å²) in [5, 5.41) is 5.33. The van der Waals surface area contributed by atoms with Crippen LogP contribution >= 0.6 is 0 Å². The van der Waals surface area contributed by atoms with Crippen molar-refractivity contribution >= 4 is 22.6 Å². The molecule has 1 aromatic heterocycles. The summed E-state index contributed by atoms with van der Waals surface area (Å²) in [5.74, 6) is 0.684. The Balaban J connectivity index is 1.47. The van der Waals surface area contributed by atoms with Gasteiger partial charge in [0.15, 0.2) is 0 Å². The molecule has 0 spiro atoms. The average molecular weight is 304 g/mol. The third kappa shape index (κ3) is 2.61. The molecule has 2 heterocycles. The van der Waals surface area contributed by atoms with Crippen LogP contribution in [0.2, 0.25) is 0 Å². The second kappa shape index (κ2) is 5.68. The van der Waals surface area contributed by atoms with Crippen LogP contribution in [-0.4, -0.2) is 39.9 Å². The number of nitrogens with one attached hydrogen (secondary N) is 1. The van der Waals surface area contributed by atoms with Crippen LogP contribution in [0.5, 0.6) is 0 Å². The number of rotatable bonds is 3. The highest BCUT2D eigenvalue weighted by Crippen LogP contribution is 2.22. The summed E-state index contributed by atoms with van der Waals surface area (Å²) in [6.45, 7) is 1.33. The molecule has 4 rings (SSSR count). The number of fused-ring (bicyclic) bond motifs is 1. The van der Waals surface area contributed by atoms with Crippen molar-refractivity contribution in [3.8, 4) is 0 Å². The van der Waals surface area contributed by atoms with Crippen LogP contribution in [0.25, 0.3) is 10.8 Å². The zero-order valence-electron chi connectivity index (χ0n) is 12.5. The van der Waals surface area contributed by atoms with Gasteiger partial charge < -0.3 is 10.2 Å². The molecule has 2 aromatic carbocycles. The van der Waals surface area contributed by atoms with Crippen molar-refractivity contribution in [3.05, 3.63) is 66.5 Å². The fraction of sp³-hybridized carbons (Fsp3) is 0.167. The van der Waals surface area contributed by atoms with E-state index in [1.54, 1.807) is 18.5 Å². The summed E-state index contributed by atoms with van der Waals surface area (Å²) in [7, 11) is 0. The zero-order chi connectivity index (χ0) is 15.6. The number of nitrogens with zero attached hydrogens (tertiary/aromatic N) is 3. The number of hydrogen-bond acceptors (Lipinski definition) is 4. The second-order valence-electron chi connectivity index (χ2n) is 5.65. The van der Waals surface area contributed by atoms with Crippen LogP contribution in [0.1, 0.15) is 10.4 Å². The van der Waals surface area contributed by atoms with E-state index in [2.05, 4.69) is 15.3 Å². The SMILES string of the molecule is O=C(c1cccc2ccccc12)N1CC(Nc2ncccn2)C1. The zero-order valence-corrected chi connectivity index (χ0v) is 12.5. The molecule has 5 heteroatoms. The topological polar surface area (TPSA) is 58.1 Å². The van der Waals surface area contributed by atoms with Gasteiger partial charge >= 0.3 is 0 Å². The average Bonchev–Trinajstić information content (AvgIpc) is 2.57. The number of aromatic nitrogens is 2. The lowest BCUT2D eigenvalue weighted by Crippen LogP contribution is -2.57. The predicted molar refractivity (Wildman–Crippen MR) is 89.3 cm³/mol. The fourth-order valence-electron chi connectivity index (χ4n) is 2.87. The summed E-state index contributed by atoms with van der Waals surface area (Å²) >= 11 is 0. The molecule has 1 aliphatic heterocycles. The van der Waals surface area contributed by atoms with Gasteiger partial charge in [0.2, 0.25) is 5.95 Å². The summed E-state index contributed by atoms with van der Waals surface area (Å²) in [4.78, 5) is 22.8. The maximum absolute atomic E-state index is 12.7. The lowest BCUT2D eigenvalue weighted by molar-refractivity contribution is 0.0626.